The third-order valence-electron chi connectivity index (χ3n) is 3.52. The first-order valence-corrected chi connectivity index (χ1v) is 9.26. The van der Waals surface area contributed by atoms with Crippen molar-refractivity contribution < 1.29 is 13.2 Å². The molecule has 0 unspecified atom stereocenters. The van der Waals surface area contributed by atoms with Crippen molar-refractivity contribution in [2.75, 3.05) is 0 Å². The van der Waals surface area contributed by atoms with E-state index in [0.29, 0.717) is 0 Å². The van der Waals surface area contributed by atoms with E-state index in [0.717, 1.165) is 23.9 Å². The van der Waals surface area contributed by atoms with E-state index in [1.165, 1.54) is 6.07 Å². The third kappa shape index (κ3) is 3.89. The molecule has 130 valence electrons. The van der Waals surface area contributed by atoms with Crippen LogP contribution in [0.2, 0.25) is 10.0 Å². The Morgan fingerprint density at radius 3 is 2.54 bits per heavy atom. The molecule has 0 saturated carbocycles. The summed E-state index contributed by atoms with van der Waals surface area (Å²) in [5.41, 5.74) is 1.76. The Hall–Kier alpha value is -1.61. The van der Waals surface area contributed by atoms with Crippen molar-refractivity contribution in [2.45, 2.75) is 31.8 Å². The zero-order valence-corrected chi connectivity index (χ0v) is 15.3. The number of nitrogens with two attached hydrogens (primary N) is 1. The van der Waals surface area contributed by atoms with Crippen LogP contribution in [0.15, 0.2) is 23.2 Å². The lowest BCUT2D eigenvalue weighted by Crippen LogP contribution is -2.24. The molecule has 0 saturated heterocycles. The summed E-state index contributed by atoms with van der Waals surface area (Å²) in [6.07, 6.45) is 1.67. The first-order chi connectivity index (χ1) is 11.1. The number of carbonyl (C=O) groups excluding carboxylic acids is 1. The molecule has 0 aliphatic rings. The predicted octanol–water partition coefficient (Wildman–Crippen LogP) is 2.10. The van der Waals surface area contributed by atoms with E-state index >= 15 is 0 Å². The molecular formula is C14H16Cl2N4O3S. The Labute approximate surface area is 149 Å². The standard InChI is InChI=1S/C14H16Cl2N4O3S/c1-3-20-8(2)9(7-19-20)6-18-14(21)10-4-13(24(17,22)23)12(16)5-11(10)15/h4-5,7H,3,6H2,1-2H3,(H,18,21)(H2,17,22,23). The van der Waals surface area contributed by atoms with Crippen molar-refractivity contribution in [1.29, 1.82) is 0 Å². The summed E-state index contributed by atoms with van der Waals surface area (Å²) in [6.45, 7) is 4.81. The summed E-state index contributed by atoms with van der Waals surface area (Å²) >= 11 is 11.8. The van der Waals surface area contributed by atoms with Crippen LogP contribution in [-0.2, 0) is 23.1 Å². The van der Waals surface area contributed by atoms with Gasteiger partial charge in [-0.2, -0.15) is 5.10 Å². The fraction of sp³-hybridized carbons (Fsp3) is 0.286. The minimum atomic E-state index is -4.06. The maximum absolute atomic E-state index is 12.3. The van der Waals surface area contributed by atoms with Crippen molar-refractivity contribution in [3.63, 3.8) is 0 Å². The maximum Gasteiger partial charge on any atom is 0.253 e. The van der Waals surface area contributed by atoms with E-state index in [9.17, 15) is 13.2 Å². The summed E-state index contributed by atoms with van der Waals surface area (Å²) in [7, 11) is -4.06. The van der Waals surface area contributed by atoms with Crippen molar-refractivity contribution in [2.24, 2.45) is 5.14 Å². The van der Waals surface area contributed by atoms with Gasteiger partial charge in [0.15, 0.2) is 0 Å². The first kappa shape index (κ1) is 18.7. The second-order valence-corrected chi connectivity index (χ2v) is 7.41. The summed E-state index contributed by atoms with van der Waals surface area (Å²) in [4.78, 5) is 12.0. The number of benzene rings is 1. The van der Waals surface area contributed by atoms with Gasteiger partial charge in [-0.15, -0.1) is 0 Å². The van der Waals surface area contributed by atoms with Gasteiger partial charge in [0.05, 0.1) is 21.8 Å². The molecule has 1 aromatic carbocycles. The van der Waals surface area contributed by atoms with Gasteiger partial charge in [0.1, 0.15) is 4.90 Å². The van der Waals surface area contributed by atoms with E-state index in [2.05, 4.69) is 10.4 Å². The zero-order valence-electron chi connectivity index (χ0n) is 13.0. The van der Waals surface area contributed by atoms with Crippen molar-refractivity contribution in [3.05, 3.63) is 45.2 Å². The number of rotatable bonds is 5. The molecule has 3 N–H and O–H groups in total. The minimum Gasteiger partial charge on any atom is -0.348 e. The largest absolute Gasteiger partial charge is 0.348 e. The lowest BCUT2D eigenvalue weighted by molar-refractivity contribution is 0.0951. The summed E-state index contributed by atoms with van der Waals surface area (Å²) < 4.78 is 24.8. The highest BCUT2D eigenvalue weighted by atomic mass is 35.5. The lowest BCUT2D eigenvalue weighted by atomic mass is 10.2. The average molecular weight is 391 g/mol. The molecule has 1 amide bonds. The second-order valence-electron chi connectivity index (χ2n) is 5.06. The molecule has 0 aliphatic carbocycles. The number of nitrogens with one attached hydrogen (secondary N) is 1. The summed E-state index contributed by atoms with van der Waals surface area (Å²) in [5, 5.41) is 11.8. The van der Waals surface area contributed by atoms with Crippen LogP contribution >= 0.6 is 23.2 Å². The van der Waals surface area contributed by atoms with Crippen molar-refractivity contribution in [3.8, 4) is 0 Å². The Balaban J connectivity index is 2.25. The smallest absolute Gasteiger partial charge is 0.253 e. The Bertz CT molecular complexity index is 894. The van der Waals surface area contributed by atoms with Crippen LogP contribution in [0.3, 0.4) is 0 Å². The maximum atomic E-state index is 12.3. The molecule has 0 bridgehead atoms. The van der Waals surface area contributed by atoms with E-state index in [4.69, 9.17) is 28.3 Å². The SMILES string of the molecule is CCn1ncc(CNC(=O)c2cc(S(N)(=O)=O)c(Cl)cc2Cl)c1C. The molecule has 0 fully saturated rings. The molecule has 2 rings (SSSR count). The molecule has 0 aliphatic heterocycles. The summed E-state index contributed by atoms with van der Waals surface area (Å²) in [5.74, 6) is -0.537. The van der Waals surface area contributed by atoms with Gasteiger partial charge in [0.25, 0.3) is 5.91 Å². The van der Waals surface area contributed by atoms with E-state index in [1.54, 1.807) is 10.9 Å². The highest BCUT2D eigenvalue weighted by Crippen LogP contribution is 2.28. The number of nitrogens with zero attached hydrogens (tertiary/aromatic N) is 2. The number of halogens is 2. The number of primary sulfonamides is 1. The number of carbonyl (C=O) groups is 1. The molecule has 0 spiro atoms. The van der Waals surface area contributed by atoms with Gasteiger partial charge < -0.3 is 5.32 Å². The van der Waals surface area contributed by atoms with Crippen LogP contribution in [0.25, 0.3) is 0 Å². The van der Waals surface area contributed by atoms with Gasteiger partial charge >= 0.3 is 0 Å². The van der Waals surface area contributed by atoms with E-state index < -0.39 is 15.9 Å². The number of aromatic nitrogens is 2. The van der Waals surface area contributed by atoms with Gasteiger partial charge in [-0.25, -0.2) is 13.6 Å². The first-order valence-electron chi connectivity index (χ1n) is 6.96. The lowest BCUT2D eigenvalue weighted by Gasteiger charge is -2.10. The number of hydrogen-bond acceptors (Lipinski definition) is 4. The Morgan fingerprint density at radius 1 is 1.33 bits per heavy atom. The molecule has 1 aromatic heterocycles. The minimum absolute atomic E-state index is 0.0226. The molecule has 10 heteroatoms. The Morgan fingerprint density at radius 2 is 2.00 bits per heavy atom. The quantitative estimate of drug-likeness (QED) is 0.814. The van der Waals surface area contributed by atoms with Gasteiger partial charge in [0, 0.05) is 24.3 Å². The number of amides is 1. The molecule has 0 radical (unpaired) electrons. The predicted molar refractivity (Wildman–Crippen MR) is 91.6 cm³/mol. The highest BCUT2D eigenvalue weighted by molar-refractivity contribution is 7.89. The van der Waals surface area contributed by atoms with Gasteiger partial charge in [-0.1, -0.05) is 23.2 Å². The monoisotopic (exact) mass is 390 g/mol. The van der Waals surface area contributed by atoms with Crippen LogP contribution in [0.1, 0.15) is 28.5 Å². The van der Waals surface area contributed by atoms with Gasteiger partial charge in [-0.3, -0.25) is 9.48 Å². The van der Waals surface area contributed by atoms with E-state index in [1.807, 2.05) is 13.8 Å². The summed E-state index contributed by atoms with van der Waals surface area (Å²) in [6, 6.07) is 2.25. The van der Waals surface area contributed by atoms with Gasteiger partial charge in [0.2, 0.25) is 10.0 Å². The third-order valence-corrected chi connectivity index (χ3v) is 5.20. The van der Waals surface area contributed by atoms with Crippen LogP contribution in [0.4, 0.5) is 0 Å². The number of hydrogen-bond donors (Lipinski definition) is 2. The van der Waals surface area contributed by atoms with Crippen LogP contribution in [-0.4, -0.2) is 24.1 Å². The molecule has 2 aromatic rings. The molecule has 7 nitrogen and oxygen atoms in total. The molecular weight excluding hydrogens is 375 g/mol. The normalized spacial score (nSPS) is 11.5. The fourth-order valence-corrected chi connectivity index (χ4v) is 3.57. The topological polar surface area (TPSA) is 107 Å². The number of aryl methyl sites for hydroxylation is 1. The fourth-order valence-electron chi connectivity index (χ4n) is 2.17. The number of sulfonamides is 1. The zero-order chi connectivity index (χ0) is 18.1. The molecule has 24 heavy (non-hydrogen) atoms. The van der Waals surface area contributed by atoms with Gasteiger partial charge in [-0.05, 0) is 26.0 Å². The van der Waals surface area contributed by atoms with Crippen molar-refractivity contribution in [1.82, 2.24) is 15.1 Å². The average Bonchev–Trinajstić information content (AvgIpc) is 2.83. The van der Waals surface area contributed by atoms with Crippen molar-refractivity contribution >= 4 is 39.1 Å². The second kappa shape index (κ2) is 7.10. The van der Waals surface area contributed by atoms with Crippen LogP contribution < -0.4 is 10.5 Å². The highest BCUT2D eigenvalue weighted by Gasteiger charge is 2.20. The Kier molecular flexibility index (Phi) is 5.54. The van der Waals surface area contributed by atoms with Crippen LogP contribution in [0, 0.1) is 6.92 Å². The van der Waals surface area contributed by atoms with E-state index in [-0.39, 0.29) is 27.0 Å². The molecule has 0 atom stereocenters. The molecule has 1 heterocycles. The van der Waals surface area contributed by atoms with Crippen LogP contribution in [0.5, 0.6) is 0 Å².